The first-order chi connectivity index (χ1) is 9.47. The quantitative estimate of drug-likeness (QED) is 0.898. The number of nitrogens with one attached hydrogen (secondary N) is 1. The van der Waals surface area contributed by atoms with Gasteiger partial charge < -0.3 is 11.1 Å². The summed E-state index contributed by atoms with van der Waals surface area (Å²) < 4.78 is 13.7. The number of carbonyl (C=O) groups excluding carboxylic acids is 1. The zero-order valence-corrected chi connectivity index (χ0v) is 11.5. The van der Waals surface area contributed by atoms with E-state index in [9.17, 15) is 9.18 Å². The molecule has 0 radical (unpaired) electrons. The van der Waals surface area contributed by atoms with E-state index in [0.29, 0.717) is 6.54 Å². The van der Waals surface area contributed by atoms with E-state index in [1.165, 1.54) is 18.2 Å². The Hall–Kier alpha value is -2.36. The highest BCUT2D eigenvalue weighted by molar-refractivity contribution is 5.93. The summed E-state index contributed by atoms with van der Waals surface area (Å²) in [6, 6.07) is 10.2. The third-order valence-electron chi connectivity index (χ3n) is 3.22. The van der Waals surface area contributed by atoms with Crippen LogP contribution >= 0.6 is 0 Å². The standard InChI is InChI=1S/C16H17FN2O/c1-10-3-4-11(2)13(7-10)9-19-15-8-12(16(18)20)5-6-14(15)17/h3-8,19H,9H2,1-2H3,(H2,18,20). The second-order valence-electron chi connectivity index (χ2n) is 4.84. The van der Waals surface area contributed by atoms with E-state index < -0.39 is 11.7 Å². The molecule has 4 heteroatoms. The molecule has 3 nitrogen and oxygen atoms in total. The van der Waals surface area contributed by atoms with Crippen LogP contribution in [0.25, 0.3) is 0 Å². The molecule has 104 valence electrons. The van der Waals surface area contributed by atoms with Gasteiger partial charge in [0.2, 0.25) is 5.91 Å². The van der Waals surface area contributed by atoms with Crippen molar-refractivity contribution in [1.82, 2.24) is 0 Å². The molecule has 0 aliphatic heterocycles. The van der Waals surface area contributed by atoms with Crippen molar-refractivity contribution in [1.29, 1.82) is 0 Å². The van der Waals surface area contributed by atoms with Crippen LogP contribution in [0.5, 0.6) is 0 Å². The van der Waals surface area contributed by atoms with Crippen LogP contribution < -0.4 is 11.1 Å². The molecule has 0 atom stereocenters. The molecule has 0 aliphatic carbocycles. The Labute approximate surface area is 117 Å². The maximum Gasteiger partial charge on any atom is 0.248 e. The van der Waals surface area contributed by atoms with Gasteiger partial charge in [0.15, 0.2) is 0 Å². The molecule has 0 fully saturated rings. The highest BCUT2D eigenvalue weighted by atomic mass is 19.1. The van der Waals surface area contributed by atoms with E-state index in [0.717, 1.165) is 16.7 Å². The molecule has 20 heavy (non-hydrogen) atoms. The van der Waals surface area contributed by atoms with Gasteiger partial charge in [-0.1, -0.05) is 23.8 Å². The Morgan fingerprint density at radius 1 is 1.20 bits per heavy atom. The van der Waals surface area contributed by atoms with Crippen LogP contribution in [0.4, 0.5) is 10.1 Å². The number of hydrogen-bond acceptors (Lipinski definition) is 2. The molecule has 0 aliphatic rings. The average molecular weight is 272 g/mol. The van der Waals surface area contributed by atoms with Crippen LogP contribution in [0, 0.1) is 19.7 Å². The van der Waals surface area contributed by atoms with Crippen LogP contribution in [0.2, 0.25) is 0 Å². The molecule has 0 heterocycles. The van der Waals surface area contributed by atoms with Gasteiger partial charge in [0.1, 0.15) is 5.82 Å². The minimum absolute atomic E-state index is 0.280. The van der Waals surface area contributed by atoms with Crippen molar-refractivity contribution in [3.63, 3.8) is 0 Å². The molecule has 0 aromatic heterocycles. The SMILES string of the molecule is Cc1ccc(C)c(CNc2cc(C(N)=O)ccc2F)c1. The Morgan fingerprint density at radius 3 is 2.65 bits per heavy atom. The first-order valence-corrected chi connectivity index (χ1v) is 6.36. The number of anilines is 1. The van der Waals surface area contributed by atoms with Crippen LogP contribution in [0.15, 0.2) is 36.4 Å². The highest BCUT2D eigenvalue weighted by Gasteiger charge is 2.07. The predicted octanol–water partition coefficient (Wildman–Crippen LogP) is 3.15. The number of nitrogens with two attached hydrogens (primary N) is 1. The third kappa shape index (κ3) is 3.15. The summed E-state index contributed by atoms with van der Waals surface area (Å²) in [7, 11) is 0. The summed E-state index contributed by atoms with van der Waals surface area (Å²) in [6.45, 7) is 4.51. The lowest BCUT2D eigenvalue weighted by Crippen LogP contribution is -2.12. The molecule has 0 spiro atoms. The zero-order chi connectivity index (χ0) is 14.7. The molecule has 3 N–H and O–H groups in total. The normalized spacial score (nSPS) is 10.3. The topological polar surface area (TPSA) is 55.1 Å². The number of carbonyl (C=O) groups is 1. The van der Waals surface area contributed by atoms with Gasteiger partial charge in [0, 0.05) is 12.1 Å². The van der Waals surface area contributed by atoms with Crippen molar-refractivity contribution < 1.29 is 9.18 Å². The van der Waals surface area contributed by atoms with E-state index >= 15 is 0 Å². The fraction of sp³-hybridized carbons (Fsp3) is 0.188. The predicted molar refractivity (Wildman–Crippen MR) is 78.2 cm³/mol. The van der Waals surface area contributed by atoms with Gasteiger partial charge in [-0.3, -0.25) is 4.79 Å². The number of rotatable bonds is 4. The Kier molecular flexibility index (Phi) is 4.03. The molecular weight excluding hydrogens is 255 g/mol. The second kappa shape index (κ2) is 5.74. The zero-order valence-electron chi connectivity index (χ0n) is 11.5. The molecule has 2 aromatic carbocycles. The lowest BCUT2D eigenvalue weighted by molar-refractivity contribution is 0.100. The van der Waals surface area contributed by atoms with Crippen molar-refractivity contribution in [3.05, 3.63) is 64.5 Å². The van der Waals surface area contributed by atoms with E-state index in [2.05, 4.69) is 11.4 Å². The summed E-state index contributed by atoms with van der Waals surface area (Å²) in [5.41, 5.74) is 9.14. The minimum Gasteiger partial charge on any atom is -0.379 e. The highest BCUT2D eigenvalue weighted by Crippen LogP contribution is 2.18. The maximum absolute atomic E-state index is 13.7. The maximum atomic E-state index is 13.7. The summed E-state index contributed by atoms with van der Waals surface area (Å²) in [4.78, 5) is 11.1. The van der Waals surface area contributed by atoms with Crippen molar-refractivity contribution in [2.75, 3.05) is 5.32 Å². The van der Waals surface area contributed by atoms with Crippen molar-refractivity contribution in [3.8, 4) is 0 Å². The van der Waals surface area contributed by atoms with Gasteiger partial charge in [-0.25, -0.2) is 4.39 Å². The molecule has 2 aromatic rings. The van der Waals surface area contributed by atoms with Gasteiger partial charge in [0.25, 0.3) is 0 Å². The summed E-state index contributed by atoms with van der Waals surface area (Å²) in [5.74, 6) is -0.972. The third-order valence-corrected chi connectivity index (χ3v) is 3.22. The molecule has 1 amide bonds. The van der Waals surface area contributed by atoms with E-state index in [-0.39, 0.29) is 11.3 Å². The van der Waals surface area contributed by atoms with Gasteiger partial charge in [0.05, 0.1) is 5.69 Å². The Balaban J connectivity index is 2.20. The largest absolute Gasteiger partial charge is 0.379 e. The Morgan fingerprint density at radius 2 is 1.95 bits per heavy atom. The molecule has 0 unspecified atom stereocenters. The lowest BCUT2D eigenvalue weighted by Gasteiger charge is -2.11. The second-order valence-corrected chi connectivity index (χ2v) is 4.84. The Bertz CT molecular complexity index is 653. The van der Waals surface area contributed by atoms with Gasteiger partial charge in [-0.2, -0.15) is 0 Å². The van der Waals surface area contributed by atoms with Crippen molar-refractivity contribution in [2.45, 2.75) is 20.4 Å². The van der Waals surface area contributed by atoms with Gasteiger partial charge in [-0.15, -0.1) is 0 Å². The number of hydrogen-bond donors (Lipinski definition) is 2. The van der Waals surface area contributed by atoms with E-state index in [4.69, 9.17) is 5.73 Å². The van der Waals surface area contributed by atoms with Crippen molar-refractivity contribution >= 4 is 11.6 Å². The van der Waals surface area contributed by atoms with Gasteiger partial charge in [-0.05, 0) is 43.2 Å². The van der Waals surface area contributed by atoms with Gasteiger partial charge >= 0.3 is 0 Å². The van der Waals surface area contributed by atoms with E-state index in [1.54, 1.807) is 0 Å². The summed E-state index contributed by atoms with van der Waals surface area (Å²) >= 11 is 0. The number of benzene rings is 2. The smallest absolute Gasteiger partial charge is 0.248 e. The average Bonchev–Trinajstić information content (AvgIpc) is 2.41. The first kappa shape index (κ1) is 14.1. The molecule has 0 saturated carbocycles. The summed E-state index contributed by atoms with van der Waals surface area (Å²) in [5, 5.41) is 3.01. The fourth-order valence-corrected chi connectivity index (χ4v) is 2.00. The minimum atomic E-state index is -0.570. The van der Waals surface area contributed by atoms with E-state index in [1.807, 2.05) is 26.0 Å². The number of amides is 1. The monoisotopic (exact) mass is 272 g/mol. The number of primary amides is 1. The van der Waals surface area contributed by atoms with Crippen LogP contribution in [0.1, 0.15) is 27.0 Å². The lowest BCUT2D eigenvalue weighted by atomic mass is 10.1. The van der Waals surface area contributed by atoms with Crippen molar-refractivity contribution in [2.24, 2.45) is 5.73 Å². The van der Waals surface area contributed by atoms with Crippen LogP contribution in [0.3, 0.4) is 0 Å². The van der Waals surface area contributed by atoms with Crippen LogP contribution in [-0.2, 0) is 6.54 Å². The number of halogens is 1. The molecule has 0 saturated heterocycles. The molecule has 0 bridgehead atoms. The molecule has 2 rings (SSSR count). The summed E-state index contributed by atoms with van der Waals surface area (Å²) in [6.07, 6.45) is 0. The van der Waals surface area contributed by atoms with Crippen LogP contribution in [-0.4, -0.2) is 5.91 Å². The fourth-order valence-electron chi connectivity index (χ4n) is 2.00. The molecular formula is C16H17FN2O. The first-order valence-electron chi connectivity index (χ1n) is 6.36. The number of aryl methyl sites for hydroxylation is 2.